The number of hydrogen-bond acceptors (Lipinski definition) is 8. The van der Waals surface area contributed by atoms with Crippen LogP contribution in [-0.4, -0.2) is 81.1 Å². The Balaban J connectivity index is 0.820. The fourth-order valence-corrected chi connectivity index (χ4v) is 9.02. The average Bonchev–Trinajstić information content (AvgIpc) is 3.91. The SMILES string of the molecule is Cc1cc(C2CCN(c3ccc(C(=O)Nc4cc5[nH]c([C@H]6CCCN6C)cc5cn4)cn3)CC2)ccc1-c1cccc2c1CN(C1CCC(=O)NC1=O)C2=O. The number of likely N-dealkylation sites (tertiary alicyclic amines) is 1. The Morgan fingerprint density at radius 3 is 2.44 bits per heavy atom. The number of amides is 4. The zero-order valence-electron chi connectivity index (χ0n) is 31.1. The van der Waals surface area contributed by atoms with E-state index in [2.05, 4.69) is 73.6 Å². The third-order valence-electron chi connectivity index (χ3n) is 12.1. The summed E-state index contributed by atoms with van der Waals surface area (Å²) in [5.74, 6) is 0.658. The standard InChI is InChI=1S/C43H44N8O4/c1-25-19-27(8-10-30(25)31-5-3-6-32-33(31)24-51(43(32)55)37-11-13-40(52)48-42(37)54)26-14-17-50(18-15-26)39-12-9-28(22-45-39)41(53)47-38-21-34-29(23-44-38)20-35(46-34)36-7-4-16-49(36)2/h3,5-6,8-10,12,19-23,26,36-37,46H,4,7,11,13-18,24H2,1-2H3,(H,44,47,53)(H,48,52,54)/t36-,37?/m1/s1. The Bertz CT molecular complexity index is 2340. The van der Waals surface area contributed by atoms with Gasteiger partial charge in [0.1, 0.15) is 17.7 Å². The molecule has 9 rings (SSSR count). The van der Waals surface area contributed by atoms with E-state index >= 15 is 0 Å². The number of carbonyl (C=O) groups excluding carboxylic acids is 4. The van der Waals surface area contributed by atoms with Crippen molar-refractivity contribution in [2.24, 2.45) is 0 Å². The number of anilines is 2. The van der Waals surface area contributed by atoms with Gasteiger partial charge in [0, 0.05) is 67.2 Å². The number of H-pyrrole nitrogens is 1. The Labute approximate surface area is 319 Å². The summed E-state index contributed by atoms with van der Waals surface area (Å²) >= 11 is 0. The average molecular weight is 737 g/mol. The third kappa shape index (κ3) is 6.54. The van der Waals surface area contributed by atoms with Gasteiger partial charge in [-0.3, -0.25) is 29.4 Å². The Hall–Kier alpha value is -5.88. The highest BCUT2D eigenvalue weighted by molar-refractivity contribution is 6.06. The van der Waals surface area contributed by atoms with Crippen LogP contribution in [0, 0.1) is 6.92 Å². The molecule has 3 aromatic heterocycles. The van der Waals surface area contributed by atoms with Crippen molar-refractivity contribution in [3.05, 3.63) is 107 Å². The van der Waals surface area contributed by atoms with Gasteiger partial charge in [0.15, 0.2) is 0 Å². The number of nitrogens with zero attached hydrogens (tertiary/aromatic N) is 5. The molecule has 7 heterocycles. The maximum atomic E-state index is 13.4. The van der Waals surface area contributed by atoms with E-state index in [1.165, 1.54) is 17.7 Å². The van der Waals surface area contributed by atoms with Crippen LogP contribution < -0.4 is 15.5 Å². The number of fused-ring (bicyclic) bond motifs is 2. The molecule has 55 heavy (non-hydrogen) atoms. The number of hydrogen-bond donors (Lipinski definition) is 3. The van der Waals surface area contributed by atoms with Crippen LogP contribution in [0.4, 0.5) is 11.6 Å². The topological polar surface area (TPSA) is 144 Å². The molecule has 1 unspecified atom stereocenters. The first kappa shape index (κ1) is 34.9. The molecule has 0 spiro atoms. The van der Waals surface area contributed by atoms with Gasteiger partial charge in [-0.2, -0.15) is 0 Å². The summed E-state index contributed by atoms with van der Waals surface area (Å²) in [4.78, 5) is 69.8. The van der Waals surface area contributed by atoms with Crippen LogP contribution in [0.3, 0.4) is 0 Å². The first-order chi connectivity index (χ1) is 26.7. The number of pyridine rings is 2. The lowest BCUT2D eigenvalue weighted by Crippen LogP contribution is -2.52. The van der Waals surface area contributed by atoms with Gasteiger partial charge in [-0.25, -0.2) is 9.97 Å². The van der Waals surface area contributed by atoms with E-state index < -0.39 is 11.9 Å². The molecule has 12 nitrogen and oxygen atoms in total. The molecular formula is C43H44N8O4. The highest BCUT2D eigenvalue weighted by atomic mass is 16.2. The summed E-state index contributed by atoms with van der Waals surface area (Å²) < 4.78 is 0. The van der Waals surface area contributed by atoms with E-state index in [-0.39, 0.29) is 24.1 Å². The minimum atomic E-state index is -0.640. The molecule has 3 N–H and O–H groups in total. The molecule has 3 fully saturated rings. The summed E-state index contributed by atoms with van der Waals surface area (Å²) in [7, 11) is 2.15. The molecule has 280 valence electrons. The molecule has 0 saturated carbocycles. The molecule has 0 radical (unpaired) electrons. The predicted molar refractivity (Wildman–Crippen MR) is 210 cm³/mol. The minimum Gasteiger partial charge on any atom is -0.357 e. The normalized spacial score (nSPS) is 20.7. The Morgan fingerprint density at radius 2 is 1.69 bits per heavy atom. The summed E-state index contributed by atoms with van der Waals surface area (Å²) in [6, 6.07) is 20.0. The van der Waals surface area contributed by atoms with Gasteiger partial charge < -0.3 is 20.1 Å². The zero-order valence-corrected chi connectivity index (χ0v) is 31.1. The molecule has 2 atom stereocenters. The van der Waals surface area contributed by atoms with Gasteiger partial charge >= 0.3 is 0 Å². The smallest absolute Gasteiger partial charge is 0.258 e. The summed E-state index contributed by atoms with van der Waals surface area (Å²) in [6.07, 6.45) is 8.29. The molecule has 5 aromatic rings. The van der Waals surface area contributed by atoms with Gasteiger partial charge in [0.25, 0.3) is 11.8 Å². The molecule has 3 saturated heterocycles. The van der Waals surface area contributed by atoms with Crippen molar-refractivity contribution in [2.75, 3.05) is 36.9 Å². The van der Waals surface area contributed by atoms with Crippen LogP contribution in [0.2, 0.25) is 0 Å². The molecule has 4 amide bonds. The highest BCUT2D eigenvalue weighted by Gasteiger charge is 2.40. The number of imide groups is 1. The van der Waals surface area contributed by atoms with E-state index in [0.29, 0.717) is 41.9 Å². The molecule has 12 heteroatoms. The zero-order chi connectivity index (χ0) is 37.8. The molecule has 4 aliphatic heterocycles. The molecule has 0 aliphatic carbocycles. The van der Waals surface area contributed by atoms with Gasteiger partial charge in [0.2, 0.25) is 11.8 Å². The number of piperidine rings is 2. The highest BCUT2D eigenvalue weighted by Crippen LogP contribution is 2.38. The fourth-order valence-electron chi connectivity index (χ4n) is 9.02. The quantitative estimate of drug-likeness (QED) is 0.170. The van der Waals surface area contributed by atoms with Gasteiger partial charge in [-0.1, -0.05) is 30.3 Å². The number of aryl methyl sites for hydroxylation is 1. The van der Waals surface area contributed by atoms with Gasteiger partial charge in [0.05, 0.1) is 11.1 Å². The fraction of sp³-hybridized carbons (Fsp3) is 0.349. The number of aromatic amines is 1. The van der Waals surface area contributed by atoms with Crippen LogP contribution in [0.5, 0.6) is 0 Å². The number of aromatic nitrogens is 3. The second-order valence-electron chi connectivity index (χ2n) is 15.4. The number of carbonyl (C=O) groups is 4. The lowest BCUT2D eigenvalue weighted by atomic mass is 9.86. The maximum absolute atomic E-state index is 13.4. The van der Waals surface area contributed by atoms with E-state index in [4.69, 9.17) is 0 Å². The lowest BCUT2D eigenvalue weighted by Gasteiger charge is -2.33. The van der Waals surface area contributed by atoms with Crippen molar-refractivity contribution < 1.29 is 19.2 Å². The first-order valence-electron chi connectivity index (χ1n) is 19.3. The van der Waals surface area contributed by atoms with Crippen molar-refractivity contribution in [3.63, 3.8) is 0 Å². The molecule has 0 bridgehead atoms. The van der Waals surface area contributed by atoms with Crippen molar-refractivity contribution in [2.45, 2.75) is 70.0 Å². The summed E-state index contributed by atoms with van der Waals surface area (Å²) in [6.45, 7) is 5.27. The van der Waals surface area contributed by atoms with Crippen LogP contribution in [0.1, 0.15) is 93.6 Å². The molecular weight excluding hydrogens is 693 g/mol. The number of rotatable bonds is 7. The van der Waals surface area contributed by atoms with E-state index in [9.17, 15) is 19.2 Å². The number of benzene rings is 2. The van der Waals surface area contributed by atoms with Crippen LogP contribution in [0.15, 0.2) is 73.1 Å². The largest absolute Gasteiger partial charge is 0.357 e. The van der Waals surface area contributed by atoms with Crippen LogP contribution in [0.25, 0.3) is 22.0 Å². The lowest BCUT2D eigenvalue weighted by molar-refractivity contribution is -0.136. The second-order valence-corrected chi connectivity index (χ2v) is 15.4. The van der Waals surface area contributed by atoms with Crippen molar-refractivity contribution in [1.29, 1.82) is 0 Å². The predicted octanol–water partition coefficient (Wildman–Crippen LogP) is 6.10. The van der Waals surface area contributed by atoms with Gasteiger partial charge in [-0.15, -0.1) is 0 Å². The van der Waals surface area contributed by atoms with Gasteiger partial charge in [-0.05, 0) is 111 Å². The minimum absolute atomic E-state index is 0.163. The van der Waals surface area contributed by atoms with Crippen molar-refractivity contribution >= 4 is 46.2 Å². The Morgan fingerprint density at radius 1 is 0.855 bits per heavy atom. The van der Waals surface area contributed by atoms with E-state index in [0.717, 1.165) is 77.9 Å². The molecule has 2 aromatic carbocycles. The number of nitrogens with one attached hydrogen (secondary N) is 3. The molecule has 4 aliphatic rings. The van der Waals surface area contributed by atoms with Crippen molar-refractivity contribution in [3.8, 4) is 11.1 Å². The van der Waals surface area contributed by atoms with Crippen molar-refractivity contribution in [1.82, 2.24) is 30.1 Å². The van der Waals surface area contributed by atoms with Crippen LogP contribution in [-0.2, 0) is 16.1 Å². The van der Waals surface area contributed by atoms with Crippen LogP contribution >= 0.6 is 0 Å². The van der Waals surface area contributed by atoms with E-state index in [1.807, 2.05) is 36.4 Å². The maximum Gasteiger partial charge on any atom is 0.258 e. The van der Waals surface area contributed by atoms with E-state index in [1.54, 1.807) is 17.3 Å². The summed E-state index contributed by atoms with van der Waals surface area (Å²) in [5.41, 5.74) is 8.68. The first-order valence-corrected chi connectivity index (χ1v) is 19.3. The Kier molecular flexibility index (Phi) is 8.92. The third-order valence-corrected chi connectivity index (χ3v) is 12.1. The second kappa shape index (κ2) is 14.1. The summed E-state index contributed by atoms with van der Waals surface area (Å²) in [5, 5.41) is 6.36. The monoisotopic (exact) mass is 736 g/mol.